The summed E-state index contributed by atoms with van der Waals surface area (Å²) in [5.74, 6) is 0.0494. The minimum absolute atomic E-state index is 0.0494. The van der Waals surface area contributed by atoms with Crippen molar-refractivity contribution in [1.29, 1.82) is 0 Å². The molecule has 4 rings (SSSR count). The first kappa shape index (κ1) is 20.8. The van der Waals surface area contributed by atoms with Crippen molar-refractivity contribution in [3.8, 4) is 0 Å². The third-order valence-electron chi connectivity index (χ3n) is 5.75. The maximum atomic E-state index is 12.8. The number of nitrogens with zero attached hydrogens (tertiary/aromatic N) is 1. The van der Waals surface area contributed by atoms with Crippen LogP contribution in [0.3, 0.4) is 0 Å². The summed E-state index contributed by atoms with van der Waals surface area (Å²) in [5, 5.41) is 3.07. The number of benzene rings is 2. The second kappa shape index (κ2) is 8.75. The van der Waals surface area contributed by atoms with Crippen LogP contribution in [0.15, 0.2) is 59.5 Å². The molecule has 0 spiro atoms. The Labute approximate surface area is 177 Å². The summed E-state index contributed by atoms with van der Waals surface area (Å²) >= 11 is 0. The van der Waals surface area contributed by atoms with E-state index < -0.39 is 15.4 Å². The molecule has 0 radical (unpaired) electrons. The van der Waals surface area contributed by atoms with Gasteiger partial charge in [0.1, 0.15) is 0 Å². The molecular formula is C22H27N3O4S. The van der Waals surface area contributed by atoms with E-state index in [9.17, 15) is 13.2 Å². The van der Waals surface area contributed by atoms with E-state index in [1.165, 1.54) is 0 Å². The lowest BCUT2D eigenvalue weighted by atomic mass is 9.95. The lowest BCUT2D eigenvalue weighted by Gasteiger charge is -2.27. The van der Waals surface area contributed by atoms with Gasteiger partial charge in [0.25, 0.3) is 10.0 Å². The fourth-order valence-corrected chi connectivity index (χ4v) is 4.84. The second-order valence-corrected chi connectivity index (χ2v) is 9.47. The lowest BCUT2D eigenvalue weighted by Crippen LogP contribution is -2.43. The topological polar surface area (TPSA) is 87.7 Å². The molecule has 1 aliphatic heterocycles. The van der Waals surface area contributed by atoms with Crippen molar-refractivity contribution in [2.45, 2.75) is 23.2 Å². The molecule has 30 heavy (non-hydrogen) atoms. The van der Waals surface area contributed by atoms with Gasteiger partial charge in [-0.25, -0.2) is 8.42 Å². The third kappa shape index (κ3) is 4.66. The molecule has 0 atom stereocenters. The van der Waals surface area contributed by atoms with Crippen molar-refractivity contribution in [2.75, 3.05) is 44.1 Å². The van der Waals surface area contributed by atoms with Crippen molar-refractivity contribution >= 4 is 21.6 Å². The summed E-state index contributed by atoms with van der Waals surface area (Å²) in [7, 11) is -3.63. The summed E-state index contributed by atoms with van der Waals surface area (Å²) in [5.41, 5.74) is 0.919. The molecule has 7 nitrogen and oxygen atoms in total. The Balaban J connectivity index is 1.35. The average molecular weight is 430 g/mol. The number of morpholine rings is 1. The zero-order valence-electron chi connectivity index (χ0n) is 16.8. The first-order chi connectivity index (χ1) is 14.5. The van der Waals surface area contributed by atoms with Crippen molar-refractivity contribution in [3.63, 3.8) is 0 Å². The zero-order chi connectivity index (χ0) is 21.0. The number of nitrogens with one attached hydrogen (secondary N) is 2. The molecule has 160 valence electrons. The first-order valence-electron chi connectivity index (χ1n) is 10.3. The fourth-order valence-electron chi connectivity index (χ4n) is 3.76. The minimum atomic E-state index is -3.63. The van der Waals surface area contributed by atoms with Crippen LogP contribution in [-0.4, -0.2) is 58.6 Å². The van der Waals surface area contributed by atoms with E-state index in [-0.39, 0.29) is 10.8 Å². The molecule has 2 aromatic carbocycles. The summed E-state index contributed by atoms with van der Waals surface area (Å²) in [4.78, 5) is 15.3. The summed E-state index contributed by atoms with van der Waals surface area (Å²) in [6, 6.07) is 15.4. The van der Waals surface area contributed by atoms with Gasteiger partial charge in [0, 0.05) is 31.9 Å². The van der Waals surface area contributed by atoms with E-state index in [1.807, 2.05) is 12.1 Å². The number of carbonyl (C=O) groups excluding carboxylic acids is 1. The predicted molar refractivity (Wildman–Crippen MR) is 115 cm³/mol. The van der Waals surface area contributed by atoms with Gasteiger partial charge in [-0.2, -0.15) is 0 Å². The van der Waals surface area contributed by atoms with Crippen LogP contribution in [0.5, 0.6) is 0 Å². The van der Waals surface area contributed by atoms with Crippen LogP contribution in [0.2, 0.25) is 0 Å². The Morgan fingerprint density at radius 3 is 2.30 bits per heavy atom. The number of hydrogen-bond acceptors (Lipinski definition) is 5. The van der Waals surface area contributed by atoms with E-state index in [0.717, 1.165) is 51.3 Å². The minimum Gasteiger partial charge on any atom is -0.379 e. The number of carbonyl (C=O) groups is 1. The van der Waals surface area contributed by atoms with Gasteiger partial charge in [-0.05, 0) is 42.7 Å². The van der Waals surface area contributed by atoms with E-state index in [4.69, 9.17) is 4.74 Å². The van der Waals surface area contributed by atoms with Crippen molar-refractivity contribution < 1.29 is 17.9 Å². The predicted octanol–water partition coefficient (Wildman–Crippen LogP) is 1.97. The van der Waals surface area contributed by atoms with Gasteiger partial charge in [0.05, 0.1) is 23.5 Å². The Morgan fingerprint density at radius 1 is 1.00 bits per heavy atom. The highest BCUT2D eigenvalue weighted by Crippen LogP contribution is 2.48. The van der Waals surface area contributed by atoms with E-state index in [1.54, 1.807) is 42.5 Å². The maximum Gasteiger partial charge on any atom is 0.261 e. The summed E-state index contributed by atoms with van der Waals surface area (Å²) in [6.45, 7) is 4.75. The quantitative estimate of drug-likeness (QED) is 0.670. The van der Waals surface area contributed by atoms with Crippen LogP contribution in [0.1, 0.15) is 18.4 Å². The van der Waals surface area contributed by atoms with Gasteiger partial charge in [0.15, 0.2) is 0 Å². The van der Waals surface area contributed by atoms with Gasteiger partial charge in [-0.3, -0.25) is 14.4 Å². The highest BCUT2D eigenvalue weighted by molar-refractivity contribution is 7.92. The van der Waals surface area contributed by atoms with Gasteiger partial charge in [0.2, 0.25) is 5.91 Å². The van der Waals surface area contributed by atoms with Crippen LogP contribution in [0.25, 0.3) is 0 Å². The van der Waals surface area contributed by atoms with Crippen LogP contribution in [-0.2, 0) is 25.0 Å². The van der Waals surface area contributed by atoms with Gasteiger partial charge >= 0.3 is 0 Å². The van der Waals surface area contributed by atoms with E-state index in [2.05, 4.69) is 14.9 Å². The normalized spacial score (nSPS) is 18.5. The van der Waals surface area contributed by atoms with Gasteiger partial charge in [-0.15, -0.1) is 0 Å². The molecule has 0 bridgehead atoms. The molecule has 0 aromatic heterocycles. The molecule has 1 saturated carbocycles. The number of sulfonamides is 1. The molecule has 1 aliphatic carbocycles. The molecule has 8 heteroatoms. The van der Waals surface area contributed by atoms with Crippen molar-refractivity contribution in [2.24, 2.45) is 0 Å². The number of anilines is 1. The monoisotopic (exact) mass is 429 g/mol. The highest BCUT2D eigenvalue weighted by atomic mass is 32.2. The average Bonchev–Trinajstić information content (AvgIpc) is 3.57. The molecule has 0 unspecified atom stereocenters. The molecule has 1 saturated heterocycles. The first-order valence-corrected chi connectivity index (χ1v) is 11.7. The van der Waals surface area contributed by atoms with Gasteiger partial charge < -0.3 is 10.1 Å². The molecule has 1 amide bonds. The van der Waals surface area contributed by atoms with Crippen LogP contribution in [0, 0.1) is 0 Å². The molecule has 2 aromatic rings. The number of ether oxygens (including phenoxy) is 1. The smallest absolute Gasteiger partial charge is 0.261 e. The van der Waals surface area contributed by atoms with Crippen LogP contribution >= 0.6 is 0 Å². The number of rotatable bonds is 8. The molecular weight excluding hydrogens is 402 g/mol. The largest absolute Gasteiger partial charge is 0.379 e. The van der Waals surface area contributed by atoms with E-state index in [0.29, 0.717) is 12.2 Å². The Hall–Kier alpha value is -2.42. The van der Waals surface area contributed by atoms with E-state index >= 15 is 0 Å². The maximum absolute atomic E-state index is 12.8. The molecule has 2 N–H and O–H groups in total. The zero-order valence-corrected chi connectivity index (χ0v) is 17.7. The van der Waals surface area contributed by atoms with Crippen LogP contribution < -0.4 is 10.0 Å². The third-order valence-corrected chi connectivity index (χ3v) is 7.14. The number of hydrogen-bond donors (Lipinski definition) is 2. The Kier molecular flexibility index (Phi) is 6.08. The van der Waals surface area contributed by atoms with Crippen molar-refractivity contribution in [3.05, 3.63) is 60.2 Å². The van der Waals surface area contributed by atoms with Gasteiger partial charge in [-0.1, -0.05) is 30.3 Å². The summed E-state index contributed by atoms with van der Waals surface area (Å²) < 4.78 is 32.9. The second-order valence-electron chi connectivity index (χ2n) is 7.79. The standard InChI is InChI=1S/C22H27N3O4S/c26-21(23-12-13-25-14-16-29-17-15-25)22(10-11-22)18-6-8-19(9-7-18)24-30(27,28)20-4-2-1-3-5-20/h1-9,24H,10-17H2,(H,23,26). The molecule has 2 fully saturated rings. The molecule has 2 aliphatic rings. The SMILES string of the molecule is O=C(NCCN1CCOCC1)C1(c2ccc(NS(=O)(=O)c3ccccc3)cc2)CC1. The fraction of sp³-hybridized carbons (Fsp3) is 0.409. The Bertz CT molecular complexity index is 967. The number of amides is 1. The molecule has 1 heterocycles. The Morgan fingerprint density at radius 2 is 1.67 bits per heavy atom. The van der Waals surface area contributed by atoms with Crippen LogP contribution in [0.4, 0.5) is 5.69 Å². The van der Waals surface area contributed by atoms with Crippen molar-refractivity contribution in [1.82, 2.24) is 10.2 Å². The highest BCUT2D eigenvalue weighted by Gasteiger charge is 2.51. The summed E-state index contributed by atoms with van der Waals surface area (Å²) in [6.07, 6.45) is 1.62. The lowest BCUT2D eigenvalue weighted by molar-refractivity contribution is -0.123.